The maximum atomic E-state index is 5.86. The minimum absolute atomic E-state index is 0. The fourth-order valence-corrected chi connectivity index (χ4v) is 5.84. The van der Waals surface area contributed by atoms with E-state index in [0.717, 1.165) is 22.9 Å². The molecular formula is C39H38Cl4Zr-2. The Labute approximate surface area is 302 Å². The summed E-state index contributed by atoms with van der Waals surface area (Å²) in [5, 5.41) is 1.53. The van der Waals surface area contributed by atoms with E-state index in [9.17, 15) is 0 Å². The van der Waals surface area contributed by atoms with Crippen molar-refractivity contribution in [3.63, 3.8) is 0 Å². The summed E-state index contributed by atoms with van der Waals surface area (Å²) in [6, 6.07) is 31.0. The van der Waals surface area contributed by atoms with Crippen LogP contribution in [-0.4, -0.2) is 3.21 Å². The van der Waals surface area contributed by atoms with Gasteiger partial charge in [0.25, 0.3) is 0 Å². The predicted molar refractivity (Wildman–Crippen MR) is 179 cm³/mol. The summed E-state index contributed by atoms with van der Waals surface area (Å²) >= 11 is 13.1. The minimum atomic E-state index is 0. The molecule has 0 aliphatic heterocycles. The molecule has 0 N–H and O–H groups in total. The second kappa shape index (κ2) is 16.7. The molecular weight excluding hydrogens is 701 g/mol. The van der Waals surface area contributed by atoms with Crippen LogP contribution < -0.4 is 24.8 Å². The van der Waals surface area contributed by atoms with Crippen LogP contribution in [0, 0.1) is 12.1 Å². The van der Waals surface area contributed by atoms with Crippen LogP contribution in [0.5, 0.6) is 0 Å². The molecule has 0 bridgehead atoms. The van der Waals surface area contributed by atoms with Crippen molar-refractivity contribution in [2.45, 2.75) is 65.2 Å². The van der Waals surface area contributed by atoms with E-state index in [1.807, 2.05) is 60.7 Å². The average Bonchev–Trinajstić information content (AvgIpc) is 3.64. The van der Waals surface area contributed by atoms with E-state index in [-0.39, 0.29) is 35.6 Å². The Morgan fingerprint density at radius 3 is 1.68 bits per heavy atom. The van der Waals surface area contributed by atoms with Gasteiger partial charge in [0.15, 0.2) is 0 Å². The van der Waals surface area contributed by atoms with E-state index < -0.39 is 0 Å². The van der Waals surface area contributed by atoms with Gasteiger partial charge in [0, 0.05) is 0 Å². The number of halogens is 4. The number of rotatable bonds is 2. The van der Waals surface area contributed by atoms with Crippen LogP contribution in [0.3, 0.4) is 0 Å². The van der Waals surface area contributed by atoms with Crippen molar-refractivity contribution in [3.8, 4) is 11.1 Å². The van der Waals surface area contributed by atoms with Crippen LogP contribution >= 0.6 is 23.2 Å². The summed E-state index contributed by atoms with van der Waals surface area (Å²) in [5.41, 5.74) is 11.1. The summed E-state index contributed by atoms with van der Waals surface area (Å²) in [4.78, 5) is 0. The second-order valence-electron chi connectivity index (χ2n) is 12.7. The number of benzene rings is 4. The van der Waals surface area contributed by atoms with Crippen molar-refractivity contribution in [2.24, 2.45) is 0 Å². The predicted octanol–water partition coefficient (Wildman–Crippen LogP) is 5.08. The molecule has 0 saturated heterocycles. The first-order chi connectivity index (χ1) is 19.8. The van der Waals surface area contributed by atoms with E-state index in [1.54, 1.807) is 0 Å². The molecule has 0 saturated carbocycles. The van der Waals surface area contributed by atoms with Gasteiger partial charge in [-0.05, 0) is 28.4 Å². The molecule has 2 aliphatic carbocycles. The molecule has 0 amide bonds. The Morgan fingerprint density at radius 2 is 1.25 bits per heavy atom. The molecule has 5 heteroatoms. The van der Waals surface area contributed by atoms with Crippen molar-refractivity contribution in [1.82, 2.24) is 0 Å². The van der Waals surface area contributed by atoms with Crippen LogP contribution in [0.15, 0.2) is 97.1 Å². The number of hydrogen-bond donors (Lipinski definition) is 0. The Kier molecular flexibility index (Phi) is 14.6. The van der Waals surface area contributed by atoms with Gasteiger partial charge in [0.2, 0.25) is 0 Å². The maximum absolute atomic E-state index is 5.86. The summed E-state index contributed by atoms with van der Waals surface area (Å²) in [7, 11) is 0. The van der Waals surface area contributed by atoms with Crippen molar-refractivity contribution in [2.75, 3.05) is 0 Å². The van der Waals surface area contributed by atoms with Gasteiger partial charge in [-0.15, -0.1) is 17.5 Å². The minimum Gasteiger partial charge on any atom is -1.00 e. The van der Waals surface area contributed by atoms with Crippen LogP contribution in [0.2, 0.25) is 10.0 Å². The van der Waals surface area contributed by atoms with Crippen molar-refractivity contribution in [3.05, 3.63) is 153 Å². The van der Waals surface area contributed by atoms with Gasteiger partial charge in [-0.1, -0.05) is 65.3 Å². The molecule has 44 heavy (non-hydrogen) atoms. The van der Waals surface area contributed by atoms with Gasteiger partial charge >= 0.3 is 120 Å². The Bertz CT molecular complexity index is 1480. The summed E-state index contributed by atoms with van der Waals surface area (Å²) in [6.45, 7) is 13.6. The standard InChI is InChI=1S/C21H25.C13H8Cl2.C5H5.2ClH.Zr/c1-20(2,3)16-7-9-18-14(12-16)11-15-13-17(21(4,5)6)8-10-19(15)18;14-12-5-1-10(2-6-12)9-11-3-7-13(15)8-4-11;1-2-4-5-3-1;;;/h7-10,12H,11H2,1-6H3;1-8H;1-3H,4H2;2*1H;/q-1;;-1;;;+2/p-2. The summed E-state index contributed by atoms with van der Waals surface area (Å²) in [5.74, 6) is 0. The summed E-state index contributed by atoms with van der Waals surface area (Å²) < 4.78 is 1.31. The molecule has 2 aliphatic rings. The first-order valence-corrected chi connectivity index (χ1v) is 16.3. The third-order valence-electron chi connectivity index (χ3n) is 7.32. The number of hydrogen-bond acceptors (Lipinski definition) is 0. The third-order valence-corrected chi connectivity index (χ3v) is 9.24. The normalized spacial score (nSPS) is 12.4. The van der Waals surface area contributed by atoms with Crippen LogP contribution in [0.1, 0.15) is 81.3 Å². The molecule has 0 spiro atoms. The quantitative estimate of drug-likeness (QED) is 0.222. The van der Waals surface area contributed by atoms with E-state index in [2.05, 4.69) is 90.1 Å². The zero-order valence-electron chi connectivity index (χ0n) is 26.2. The zero-order valence-corrected chi connectivity index (χ0v) is 31.6. The molecule has 0 fully saturated rings. The molecule has 4 aromatic rings. The first kappa shape index (κ1) is 38.5. The van der Waals surface area contributed by atoms with Crippen LogP contribution in [0.25, 0.3) is 11.1 Å². The zero-order chi connectivity index (χ0) is 30.5. The van der Waals surface area contributed by atoms with Crippen LogP contribution in [0.4, 0.5) is 0 Å². The Morgan fingerprint density at radius 1 is 0.705 bits per heavy atom. The van der Waals surface area contributed by atoms with Crippen LogP contribution in [-0.2, 0) is 41.5 Å². The van der Waals surface area contributed by atoms with Gasteiger partial charge in [-0.3, -0.25) is 6.08 Å². The molecule has 0 nitrogen and oxygen atoms in total. The monoisotopic (exact) mass is 736 g/mol. The first-order valence-electron chi connectivity index (χ1n) is 14.3. The van der Waals surface area contributed by atoms with Gasteiger partial charge in [0.1, 0.15) is 0 Å². The van der Waals surface area contributed by atoms with Crippen molar-refractivity contribution in [1.29, 1.82) is 0 Å². The fraction of sp³-hybridized carbons (Fsp3) is 0.256. The maximum Gasteiger partial charge on any atom is -0.109 e. The smallest absolute Gasteiger partial charge is 0.109 e. The molecule has 0 aromatic heterocycles. The fourth-order valence-electron chi connectivity index (χ4n) is 4.77. The number of allylic oxidation sites excluding steroid dienone is 4. The largest absolute Gasteiger partial charge is 1.00 e. The Balaban J connectivity index is 0.000000260. The van der Waals surface area contributed by atoms with Gasteiger partial charge in [-0.2, -0.15) is 29.8 Å². The molecule has 0 heterocycles. The van der Waals surface area contributed by atoms with Gasteiger partial charge in [0.05, 0.1) is 0 Å². The molecule has 6 rings (SSSR count). The van der Waals surface area contributed by atoms with E-state index >= 15 is 0 Å². The average molecular weight is 740 g/mol. The summed E-state index contributed by atoms with van der Waals surface area (Å²) in [6.07, 6.45) is 11.0. The van der Waals surface area contributed by atoms with Crippen molar-refractivity contribution >= 4 is 26.4 Å². The number of fused-ring (bicyclic) bond motifs is 3. The SMILES string of the molecule is CC(C)(C)c1[c-]c2c(cc1)-c1ccc(C(C)(C)C)cc1C2.Clc1ccc([C](=[Zr+2])c2ccc(Cl)cc2)cc1.[C-]1=CC=CC1.[Cl-].[Cl-]. The van der Waals surface area contributed by atoms with E-state index in [0.29, 0.717) is 0 Å². The van der Waals surface area contributed by atoms with E-state index in [1.165, 1.54) is 71.9 Å². The van der Waals surface area contributed by atoms with Gasteiger partial charge in [-0.25, -0.2) is 12.2 Å². The topological polar surface area (TPSA) is 0 Å². The molecule has 0 radical (unpaired) electrons. The Hall–Kier alpha value is -1.73. The van der Waals surface area contributed by atoms with E-state index in [4.69, 9.17) is 23.2 Å². The van der Waals surface area contributed by atoms with Crippen molar-refractivity contribution < 1.29 is 49.0 Å². The third kappa shape index (κ3) is 10.4. The molecule has 0 atom stereocenters. The van der Waals surface area contributed by atoms with Gasteiger partial charge < -0.3 is 24.8 Å². The molecule has 228 valence electrons. The molecule has 0 unspecified atom stereocenters. The molecule has 4 aromatic carbocycles. The second-order valence-corrected chi connectivity index (χ2v) is 14.8.